The van der Waals surface area contributed by atoms with E-state index in [2.05, 4.69) is 16.0 Å². The molecule has 0 saturated carbocycles. The van der Waals surface area contributed by atoms with Crippen molar-refractivity contribution < 1.29 is 23.2 Å². The van der Waals surface area contributed by atoms with Crippen molar-refractivity contribution in [3.63, 3.8) is 0 Å². The van der Waals surface area contributed by atoms with Crippen molar-refractivity contribution in [2.75, 3.05) is 5.32 Å². The van der Waals surface area contributed by atoms with Gasteiger partial charge in [-0.3, -0.25) is 14.4 Å². The molecule has 10 heteroatoms. The first-order valence-corrected chi connectivity index (χ1v) is 12.3. The van der Waals surface area contributed by atoms with Crippen molar-refractivity contribution in [2.45, 2.75) is 35.6 Å². The molecule has 0 spiro atoms. The van der Waals surface area contributed by atoms with Gasteiger partial charge in [0.25, 0.3) is 0 Å². The molecule has 0 saturated heterocycles. The molecule has 36 heavy (non-hydrogen) atoms. The molecule has 186 valence electrons. The molecule has 0 bridgehead atoms. The van der Waals surface area contributed by atoms with E-state index in [1.54, 1.807) is 36.4 Å². The number of nitrogens with one attached hydrogen (secondary N) is 3. The minimum atomic E-state index is -1.01. The van der Waals surface area contributed by atoms with Crippen LogP contribution >= 0.6 is 23.4 Å². The van der Waals surface area contributed by atoms with E-state index in [9.17, 15) is 23.2 Å². The first-order chi connectivity index (χ1) is 17.2. The summed E-state index contributed by atoms with van der Waals surface area (Å²) in [6, 6.07) is 15.2. The summed E-state index contributed by atoms with van der Waals surface area (Å²) in [5.74, 6) is -3.18. The predicted octanol–water partition coefficient (Wildman–Crippen LogP) is 4.64. The number of carbonyl (C=O) groups is 3. The van der Waals surface area contributed by atoms with Crippen molar-refractivity contribution in [1.82, 2.24) is 10.6 Å². The molecule has 1 heterocycles. The number of para-hydroxylation sites is 1. The summed E-state index contributed by atoms with van der Waals surface area (Å²) in [6.45, 7) is 1.47. The number of hydrogen-bond acceptors (Lipinski definition) is 4. The first kappa shape index (κ1) is 25.7. The van der Waals surface area contributed by atoms with E-state index in [0.717, 1.165) is 22.6 Å². The highest BCUT2D eigenvalue weighted by atomic mass is 35.5. The Morgan fingerprint density at radius 2 is 1.72 bits per heavy atom. The highest BCUT2D eigenvalue weighted by Crippen LogP contribution is 2.43. The minimum absolute atomic E-state index is 0.137. The maximum Gasteiger partial charge on any atom is 0.248 e. The smallest absolute Gasteiger partial charge is 0.248 e. The Kier molecular flexibility index (Phi) is 7.91. The van der Waals surface area contributed by atoms with Gasteiger partial charge in [0.05, 0.1) is 17.4 Å². The lowest BCUT2D eigenvalue weighted by molar-refractivity contribution is -0.130. The van der Waals surface area contributed by atoms with Gasteiger partial charge in [-0.1, -0.05) is 35.9 Å². The number of hydrogen-bond donors (Lipinski definition) is 3. The van der Waals surface area contributed by atoms with Gasteiger partial charge >= 0.3 is 0 Å². The van der Waals surface area contributed by atoms with Crippen LogP contribution in [0, 0.1) is 11.6 Å². The van der Waals surface area contributed by atoms with Crippen LogP contribution < -0.4 is 16.0 Å². The quantitative estimate of drug-likeness (QED) is 0.434. The lowest BCUT2D eigenvalue weighted by Gasteiger charge is -2.26. The summed E-state index contributed by atoms with van der Waals surface area (Å²) < 4.78 is 26.8. The lowest BCUT2D eigenvalue weighted by Crippen LogP contribution is -2.53. The van der Waals surface area contributed by atoms with Gasteiger partial charge in [0.2, 0.25) is 17.7 Å². The zero-order valence-electron chi connectivity index (χ0n) is 19.1. The molecule has 0 unspecified atom stereocenters. The molecule has 1 aliphatic heterocycles. The van der Waals surface area contributed by atoms with Crippen molar-refractivity contribution in [1.29, 1.82) is 0 Å². The summed E-state index contributed by atoms with van der Waals surface area (Å²) >= 11 is 7.46. The Hall–Kier alpha value is -3.43. The predicted molar refractivity (Wildman–Crippen MR) is 135 cm³/mol. The number of halogens is 3. The van der Waals surface area contributed by atoms with E-state index < -0.39 is 46.7 Å². The molecule has 1 aliphatic rings. The molecule has 0 radical (unpaired) electrons. The van der Waals surface area contributed by atoms with Crippen LogP contribution in [0.5, 0.6) is 0 Å². The second-order valence-electron chi connectivity index (χ2n) is 8.31. The molecule has 0 aliphatic carbocycles. The average molecular weight is 530 g/mol. The van der Waals surface area contributed by atoms with Crippen LogP contribution in [0.15, 0.2) is 71.6 Å². The number of carbonyl (C=O) groups excluding carboxylic acids is 3. The van der Waals surface area contributed by atoms with Crippen molar-refractivity contribution in [3.8, 4) is 0 Å². The van der Waals surface area contributed by atoms with Gasteiger partial charge in [-0.05, 0) is 54.4 Å². The van der Waals surface area contributed by atoms with Crippen molar-refractivity contribution in [2.24, 2.45) is 0 Å². The number of fused-ring (bicyclic) bond motifs is 1. The van der Waals surface area contributed by atoms with Gasteiger partial charge in [0, 0.05) is 16.0 Å². The average Bonchev–Trinajstić information content (AvgIpc) is 2.95. The van der Waals surface area contributed by atoms with Crippen LogP contribution in [0.1, 0.15) is 23.3 Å². The first-order valence-electron chi connectivity index (χ1n) is 11.1. The molecule has 4 rings (SSSR count). The zero-order chi connectivity index (χ0) is 25.8. The van der Waals surface area contributed by atoms with Crippen LogP contribution in [0.2, 0.25) is 5.02 Å². The Morgan fingerprint density at radius 1 is 1.06 bits per heavy atom. The number of amides is 3. The largest absolute Gasteiger partial charge is 0.344 e. The van der Waals surface area contributed by atoms with Gasteiger partial charge in [-0.25, -0.2) is 8.78 Å². The molecular formula is C26H22ClF2N3O3S. The maximum atomic E-state index is 13.4. The fraction of sp³-hybridized carbons (Fsp3) is 0.192. The molecule has 3 N–H and O–H groups in total. The highest BCUT2D eigenvalue weighted by molar-refractivity contribution is 7.99. The number of anilines is 1. The third kappa shape index (κ3) is 6.22. The molecule has 6 nitrogen and oxygen atoms in total. The van der Waals surface area contributed by atoms with Crippen molar-refractivity contribution in [3.05, 3.63) is 94.5 Å². The molecule has 3 amide bonds. The third-order valence-electron chi connectivity index (χ3n) is 5.54. The summed E-state index contributed by atoms with van der Waals surface area (Å²) in [5.41, 5.74) is 1.55. The SMILES string of the molecule is C[C@H](NC(=O)Cc1cc(F)cc(F)c1)C(=O)N[C@@H]1C(=O)Nc2ccccc2S[C@@H]1c1ccc(Cl)cc1. The van der Waals surface area contributed by atoms with E-state index in [-0.39, 0.29) is 12.0 Å². The normalized spacial score (nSPS) is 17.8. The number of benzene rings is 3. The van der Waals surface area contributed by atoms with Crippen LogP contribution in [0.25, 0.3) is 0 Å². The van der Waals surface area contributed by atoms with Crippen LogP contribution in [-0.2, 0) is 20.8 Å². The minimum Gasteiger partial charge on any atom is -0.344 e. The molecule has 3 aromatic rings. The maximum absolute atomic E-state index is 13.4. The van der Waals surface area contributed by atoms with E-state index in [1.165, 1.54) is 18.7 Å². The standard InChI is InChI=1S/C26H22ClF2N3O3S/c1-14(30-22(33)12-15-10-18(28)13-19(29)11-15)25(34)32-23-24(16-6-8-17(27)9-7-16)36-21-5-3-2-4-20(21)31-26(23)35/h2-11,13-14,23-24H,12H2,1H3,(H,30,33)(H,31,35)(H,32,34)/t14-,23-,24+/m0/s1. The fourth-order valence-corrected chi connectivity index (χ4v) is 5.24. The summed E-state index contributed by atoms with van der Waals surface area (Å²) in [5, 5.41) is 8.18. The van der Waals surface area contributed by atoms with Crippen molar-refractivity contribution >= 4 is 46.8 Å². The Balaban J connectivity index is 1.50. The Bertz CT molecular complexity index is 1290. The highest BCUT2D eigenvalue weighted by Gasteiger charge is 2.36. The van der Waals surface area contributed by atoms with E-state index in [0.29, 0.717) is 16.8 Å². The van der Waals surface area contributed by atoms with Gasteiger partial charge in [-0.2, -0.15) is 0 Å². The summed E-state index contributed by atoms with van der Waals surface area (Å²) in [6.07, 6.45) is -0.311. The number of rotatable bonds is 6. The Morgan fingerprint density at radius 3 is 2.42 bits per heavy atom. The van der Waals surface area contributed by atoms with Gasteiger partial charge < -0.3 is 16.0 Å². The molecule has 0 fully saturated rings. The van der Waals surface area contributed by atoms with E-state index >= 15 is 0 Å². The summed E-state index contributed by atoms with van der Waals surface area (Å²) in [7, 11) is 0. The van der Waals surface area contributed by atoms with Gasteiger partial charge in [-0.15, -0.1) is 11.8 Å². The topological polar surface area (TPSA) is 87.3 Å². The van der Waals surface area contributed by atoms with E-state index in [4.69, 9.17) is 11.6 Å². The van der Waals surface area contributed by atoms with E-state index in [1.807, 2.05) is 12.1 Å². The van der Waals surface area contributed by atoms with Gasteiger partial charge in [0.15, 0.2) is 0 Å². The molecule has 3 aromatic carbocycles. The number of thioether (sulfide) groups is 1. The van der Waals surface area contributed by atoms with Crippen LogP contribution in [-0.4, -0.2) is 29.8 Å². The molecule has 3 atom stereocenters. The fourth-order valence-electron chi connectivity index (χ4n) is 3.81. The Labute approximate surface area is 215 Å². The second-order valence-corrected chi connectivity index (χ2v) is 9.93. The lowest BCUT2D eigenvalue weighted by atomic mass is 10.0. The third-order valence-corrected chi connectivity index (χ3v) is 7.20. The van der Waals surface area contributed by atoms with Gasteiger partial charge in [0.1, 0.15) is 23.7 Å². The van der Waals surface area contributed by atoms with Crippen LogP contribution in [0.4, 0.5) is 14.5 Å². The summed E-state index contributed by atoms with van der Waals surface area (Å²) in [4.78, 5) is 39.4. The van der Waals surface area contributed by atoms with Crippen LogP contribution in [0.3, 0.4) is 0 Å². The zero-order valence-corrected chi connectivity index (χ0v) is 20.6. The second kappa shape index (κ2) is 11.1. The monoisotopic (exact) mass is 529 g/mol. The molecule has 0 aromatic heterocycles. The molecular weight excluding hydrogens is 508 g/mol.